The molecule has 0 saturated carbocycles. The summed E-state index contributed by atoms with van der Waals surface area (Å²) in [7, 11) is 0. The van der Waals surface area contributed by atoms with Crippen molar-refractivity contribution in [2.75, 3.05) is 6.54 Å². The van der Waals surface area contributed by atoms with Crippen LogP contribution in [0.4, 0.5) is 0 Å². The zero-order chi connectivity index (χ0) is 10.3. The Morgan fingerprint density at radius 1 is 1.14 bits per heavy atom. The van der Waals surface area contributed by atoms with E-state index in [1.807, 2.05) is 13.8 Å². The first-order valence-corrected chi connectivity index (χ1v) is 5.28. The van der Waals surface area contributed by atoms with Gasteiger partial charge < -0.3 is 19.9 Å². The molecule has 0 radical (unpaired) electrons. The van der Waals surface area contributed by atoms with Crippen LogP contribution in [-0.4, -0.2) is 36.7 Å². The molecule has 14 heavy (non-hydrogen) atoms. The molecule has 4 heteroatoms. The summed E-state index contributed by atoms with van der Waals surface area (Å²) in [4.78, 5) is 0. The van der Waals surface area contributed by atoms with Crippen LogP contribution in [0.5, 0.6) is 0 Å². The summed E-state index contributed by atoms with van der Waals surface area (Å²) >= 11 is 0. The van der Waals surface area contributed by atoms with Crippen molar-refractivity contribution in [3.63, 3.8) is 0 Å². The summed E-state index contributed by atoms with van der Waals surface area (Å²) in [5.41, 5.74) is 5.63. The van der Waals surface area contributed by atoms with E-state index in [1.165, 1.54) is 0 Å². The molecule has 82 valence electrons. The standard InChI is InChI=1S/C10H19NO3/c1-4-6-8-9(7(5-11)12-6)14-10(2,3)13-8/h6-9H,4-5,11H2,1-3H3. The predicted octanol–water partition coefficient (Wildman–Crippen LogP) is 0.643. The topological polar surface area (TPSA) is 53.7 Å². The van der Waals surface area contributed by atoms with Crippen LogP contribution in [-0.2, 0) is 14.2 Å². The fourth-order valence-corrected chi connectivity index (χ4v) is 2.29. The highest BCUT2D eigenvalue weighted by molar-refractivity contribution is 4.97. The summed E-state index contributed by atoms with van der Waals surface area (Å²) in [5.74, 6) is -0.486. The molecule has 2 N–H and O–H groups in total. The molecule has 0 aromatic rings. The highest BCUT2D eigenvalue weighted by Crippen LogP contribution is 2.39. The van der Waals surface area contributed by atoms with E-state index in [0.29, 0.717) is 6.54 Å². The van der Waals surface area contributed by atoms with E-state index in [0.717, 1.165) is 6.42 Å². The predicted molar refractivity (Wildman–Crippen MR) is 51.8 cm³/mol. The van der Waals surface area contributed by atoms with Gasteiger partial charge in [-0.25, -0.2) is 0 Å². The van der Waals surface area contributed by atoms with Crippen LogP contribution < -0.4 is 5.73 Å². The Kier molecular flexibility index (Phi) is 2.55. The number of nitrogens with two attached hydrogens (primary N) is 1. The number of ether oxygens (including phenoxy) is 3. The van der Waals surface area contributed by atoms with Crippen LogP contribution in [0.25, 0.3) is 0 Å². The smallest absolute Gasteiger partial charge is 0.164 e. The van der Waals surface area contributed by atoms with Crippen molar-refractivity contribution < 1.29 is 14.2 Å². The molecular weight excluding hydrogens is 182 g/mol. The molecule has 2 aliphatic heterocycles. The summed E-state index contributed by atoms with van der Waals surface area (Å²) < 4.78 is 17.3. The monoisotopic (exact) mass is 201 g/mol. The Labute approximate surface area is 84.7 Å². The highest BCUT2D eigenvalue weighted by atomic mass is 16.8. The molecule has 0 aromatic carbocycles. The lowest BCUT2D eigenvalue weighted by Crippen LogP contribution is -2.34. The van der Waals surface area contributed by atoms with Crippen LogP contribution >= 0.6 is 0 Å². The maximum atomic E-state index is 5.81. The van der Waals surface area contributed by atoms with Gasteiger partial charge in [0.2, 0.25) is 0 Å². The first kappa shape index (κ1) is 10.4. The molecule has 4 atom stereocenters. The summed E-state index contributed by atoms with van der Waals surface area (Å²) in [5, 5.41) is 0. The lowest BCUT2D eigenvalue weighted by Gasteiger charge is -2.23. The van der Waals surface area contributed by atoms with Crippen LogP contribution in [0, 0.1) is 0 Å². The maximum Gasteiger partial charge on any atom is 0.164 e. The molecule has 0 amide bonds. The third-order valence-corrected chi connectivity index (χ3v) is 2.88. The van der Waals surface area contributed by atoms with Gasteiger partial charge >= 0.3 is 0 Å². The number of hydrogen-bond donors (Lipinski definition) is 1. The largest absolute Gasteiger partial charge is 0.368 e. The fraction of sp³-hybridized carbons (Fsp3) is 1.00. The van der Waals surface area contributed by atoms with Crippen LogP contribution in [0.15, 0.2) is 0 Å². The molecule has 4 nitrogen and oxygen atoms in total. The second-order valence-electron chi connectivity index (χ2n) is 4.42. The van der Waals surface area contributed by atoms with Gasteiger partial charge in [0.1, 0.15) is 12.2 Å². The molecule has 2 saturated heterocycles. The average molecular weight is 201 g/mol. The van der Waals surface area contributed by atoms with Gasteiger partial charge in [0.05, 0.1) is 12.2 Å². The fourth-order valence-electron chi connectivity index (χ4n) is 2.29. The molecule has 0 aliphatic carbocycles. The van der Waals surface area contributed by atoms with E-state index < -0.39 is 5.79 Å². The zero-order valence-electron chi connectivity index (χ0n) is 9.03. The average Bonchev–Trinajstić information content (AvgIpc) is 2.57. The van der Waals surface area contributed by atoms with E-state index >= 15 is 0 Å². The lowest BCUT2D eigenvalue weighted by molar-refractivity contribution is -0.185. The molecule has 2 aliphatic rings. The molecule has 0 bridgehead atoms. The van der Waals surface area contributed by atoms with Crippen LogP contribution in [0.2, 0.25) is 0 Å². The molecule has 4 unspecified atom stereocenters. The van der Waals surface area contributed by atoms with E-state index in [4.69, 9.17) is 19.9 Å². The van der Waals surface area contributed by atoms with Gasteiger partial charge in [0.15, 0.2) is 5.79 Å². The molecule has 2 rings (SSSR count). The first-order valence-electron chi connectivity index (χ1n) is 5.28. The molecule has 2 fully saturated rings. The van der Waals surface area contributed by atoms with Crippen LogP contribution in [0.3, 0.4) is 0 Å². The summed E-state index contributed by atoms with van der Waals surface area (Å²) in [6, 6.07) is 0. The van der Waals surface area contributed by atoms with Crippen molar-refractivity contribution in [1.82, 2.24) is 0 Å². The summed E-state index contributed by atoms with van der Waals surface area (Å²) in [6.45, 7) is 6.46. The quantitative estimate of drug-likeness (QED) is 0.712. The van der Waals surface area contributed by atoms with Gasteiger partial charge in [-0.1, -0.05) is 6.92 Å². The maximum absolute atomic E-state index is 5.81. The highest BCUT2D eigenvalue weighted by Gasteiger charge is 2.53. The van der Waals surface area contributed by atoms with Crippen molar-refractivity contribution in [2.45, 2.75) is 57.4 Å². The van der Waals surface area contributed by atoms with Gasteiger partial charge in [-0.3, -0.25) is 0 Å². The van der Waals surface area contributed by atoms with E-state index in [9.17, 15) is 0 Å². The second kappa shape index (κ2) is 3.45. The normalized spacial score (nSPS) is 45.4. The molecule has 0 aromatic heterocycles. The van der Waals surface area contributed by atoms with Gasteiger partial charge in [0, 0.05) is 6.54 Å². The Bertz CT molecular complexity index is 199. The van der Waals surface area contributed by atoms with Gasteiger partial charge in [-0.2, -0.15) is 0 Å². The third-order valence-electron chi connectivity index (χ3n) is 2.88. The molecule has 0 spiro atoms. The van der Waals surface area contributed by atoms with Crippen molar-refractivity contribution >= 4 is 0 Å². The molecule has 2 heterocycles. The Morgan fingerprint density at radius 3 is 2.21 bits per heavy atom. The number of hydrogen-bond acceptors (Lipinski definition) is 4. The van der Waals surface area contributed by atoms with Crippen molar-refractivity contribution in [3.05, 3.63) is 0 Å². The third kappa shape index (κ3) is 1.56. The Hall–Kier alpha value is -0.160. The molecular formula is C10H19NO3. The summed E-state index contributed by atoms with van der Waals surface area (Å²) in [6.07, 6.45) is 1.14. The lowest BCUT2D eigenvalue weighted by atomic mass is 10.1. The SMILES string of the molecule is CCC1OC(CN)C2OC(C)(C)OC12. The van der Waals surface area contributed by atoms with E-state index in [2.05, 4.69) is 6.92 Å². The van der Waals surface area contributed by atoms with Crippen molar-refractivity contribution in [1.29, 1.82) is 0 Å². The van der Waals surface area contributed by atoms with Gasteiger partial charge in [-0.15, -0.1) is 0 Å². The minimum atomic E-state index is -0.486. The van der Waals surface area contributed by atoms with E-state index in [1.54, 1.807) is 0 Å². The minimum Gasteiger partial charge on any atom is -0.368 e. The van der Waals surface area contributed by atoms with Crippen molar-refractivity contribution in [2.24, 2.45) is 5.73 Å². The number of rotatable bonds is 2. The van der Waals surface area contributed by atoms with Crippen LogP contribution in [0.1, 0.15) is 27.2 Å². The first-order chi connectivity index (χ1) is 6.57. The van der Waals surface area contributed by atoms with Gasteiger partial charge in [-0.05, 0) is 20.3 Å². The Morgan fingerprint density at radius 2 is 1.71 bits per heavy atom. The van der Waals surface area contributed by atoms with E-state index in [-0.39, 0.29) is 24.4 Å². The zero-order valence-corrected chi connectivity index (χ0v) is 9.03. The van der Waals surface area contributed by atoms with Crippen molar-refractivity contribution in [3.8, 4) is 0 Å². The Balaban J connectivity index is 2.12. The minimum absolute atomic E-state index is 0.00766. The van der Waals surface area contributed by atoms with Gasteiger partial charge in [0.25, 0.3) is 0 Å². The number of fused-ring (bicyclic) bond motifs is 1. The second-order valence-corrected chi connectivity index (χ2v) is 4.42.